The maximum Gasteiger partial charge on any atom is 0.266 e. The molecule has 1 fully saturated rings. The summed E-state index contributed by atoms with van der Waals surface area (Å²) in [6, 6.07) is 11.9. The lowest BCUT2D eigenvalue weighted by Crippen LogP contribution is -2.31. The molecular formula is C25H14ClF5N2O3S2. The van der Waals surface area contributed by atoms with E-state index in [1.165, 1.54) is 17.0 Å². The van der Waals surface area contributed by atoms with Gasteiger partial charge in [0, 0.05) is 23.7 Å². The van der Waals surface area contributed by atoms with Crippen molar-refractivity contribution in [2.75, 3.05) is 11.9 Å². The van der Waals surface area contributed by atoms with Crippen molar-refractivity contribution < 1.29 is 36.3 Å². The van der Waals surface area contributed by atoms with Gasteiger partial charge in [-0.2, -0.15) is 8.78 Å². The van der Waals surface area contributed by atoms with Gasteiger partial charge in [-0.1, -0.05) is 53.8 Å². The molecule has 1 N–H and O–H groups in total. The Balaban J connectivity index is 1.35. The van der Waals surface area contributed by atoms with Crippen molar-refractivity contribution in [2.45, 2.75) is 6.42 Å². The lowest BCUT2D eigenvalue weighted by molar-refractivity contribution is -0.122. The van der Waals surface area contributed by atoms with Gasteiger partial charge in [-0.15, -0.1) is 0 Å². The van der Waals surface area contributed by atoms with Crippen LogP contribution in [0, 0.1) is 29.1 Å². The molecular weight excluding hydrogens is 571 g/mol. The number of hydrogen-bond donors (Lipinski definition) is 1. The van der Waals surface area contributed by atoms with E-state index in [4.69, 9.17) is 28.6 Å². The molecule has 0 aliphatic carbocycles. The lowest BCUT2D eigenvalue weighted by Gasteiger charge is -2.14. The van der Waals surface area contributed by atoms with E-state index in [1.807, 2.05) is 0 Å². The number of amides is 2. The molecule has 196 valence electrons. The van der Waals surface area contributed by atoms with E-state index in [-0.39, 0.29) is 34.6 Å². The summed E-state index contributed by atoms with van der Waals surface area (Å²) in [5.41, 5.74) is 0.906. The first-order valence-corrected chi connectivity index (χ1v) is 12.3. The van der Waals surface area contributed by atoms with Crippen LogP contribution < -0.4 is 10.1 Å². The SMILES string of the molecule is O=C(CCN1C(=O)/C(=C/c2ccccc2Cl)SC1=S)Nc1ccc(Oc2c(F)c(F)c(F)c(F)c2F)cc1. The van der Waals surface area contributed by atoms with E-state index < -0.39 is 40.7 Å². The fourth-order valence-corrected chi connectivity index (χ4v) is 4.75. The van der Waals surface area contributed by atoms with Gasteiger partial charge in [0.05, 0.1) is 4.91 Å². The quantitative estimate of drug-likeness (QED) is 0.106. The molecule has 3 aromatic rings. The van der Waals surface area contributed by atoms with Crippen LogP contribution >= 0.6 is 35.6 Å². The van der Waals surface area contributed by atoms with Crippen molar-refractivity contribution in [3.63, 3.8) is 0 Å². The Morgan fingerprint density at radius 3 is 2.21 bits per heavy atom. The number of carbonyl (C=O) groups excluding carboxylic acids is 2. The van der Waals surface area contributed by atoms with Gasteiger partial charge in [-0.25, -0.2) is 13.2 Å². The highest BCUT2D eigenvalue weighted by atomic mass is 35.5. The molecule has 1 aliphatic rings. The van der Waals surface area contributed by atoms with Crippen LogP contribution in [-0.2, 0) is 9.59 Å². The molecule has 1 saturated heterocycles. The fourth-order valence-electron chi connectivity index (χ4n) is 3.26. The predicted octanol–water partition coefficient (Wildman–Crippen LogP) is 7.06. The summed E-state index contributed by atoms with van der Waals surface area (Å²) in [6.45, 7) is 0.0117. The summed E-state index contributed by atoms with van der Waals surface area (Å²) < 4.78 is 72.6. The number of thiocarbonyl (C=S) groups is 1. The van der Waals surface area contributed by atoms with E-state index in [1.54, 1.807) is 30.3 Å². The Morgan fingerprint density at radius 2 is 1.58 bits per heavy atom. The number of rotatable bonds is 7. The molecule has 0 saturated carbocycles. The van der Waals surface area contributed by atoms with Crippen LogP contribution in [0.15, 0.2) is 53.4 Å². The number of nitrogens with one attached hydrogen (secondary N) is 1. The Labute approximate surface area is 227 Å². The summed E-state index contributed by atoms with van der Waals surface area (Å²) in [4.78, 5) is 26.8. The Bertz CT molecular complexity index is 1460. The molecule has 0 spiro atoms. The summed E-state index contributed by atoms with van der Waals surface area (Å²) in [7, 11) is 0. The van der Waals surface area contributed by atoms with E-state index >= 15 is 0 Å². The van der Waals surface area contributed by atoms with Crippen LogP contribution in [0.1, 0.15) is 12.0 Å². The zero-order valence-electron chi connectivity index (χ0n) is 18.9. The third-order valence-electron chi connectivity index (χ3n) is 5.16. The molecule has 5 nitrogen and oxygen atoms in total. The van der Waals surface area contributed by atoms with Gasteiger partial charge in [-0.05, 0) is 42.0 Å². The van der Waals surface area contributed by atoms with Gasteiger partial charge >= 0.3 is 0 Å². The van der Waals surface area contributed by atoms with Crippen molar-refractivity contribution >= 4 is 63.5 Å². The van der Waals surface area contributed by atoms with Crippen molar-refractivity contribution in [2.24, 2.45) is 0 Å². The van der Waals surface area contributed by atoms with Crippen LogP contribution in [0.5, 0.6) is 11.5 Å². The van der Waals surface area contributed by atoms with E-state index in [9.17, 15) is 31.5 Å². The molecule has 0 aromatic heterocycles. The maximum atomic E-state index is 13.8. The molecule has 3 aromatic carbocycles. The van der Waals surface area contributed by atoms with Crippen molar-refractivity contribution in [3.05, 3.63) is 93.1 Å². The molecule has 1 heterocycles. The molecule has 0 bridgehead atoms. The van der Waals surface area contributed by atoms with Crippen molar-refractivity contribution in [1.82, 2.24) is 4.90 Å². The van der Waals surface area contributed by atoms with Crippen LogP contribution in [0.2, 0.25) is 5.02 Å². The predicted molar refractivity (Wildman–Crippen MR) is 137 cm³/mol. The first kappa shape index (κ1) is 27.6. The fraction of sp³-hybridized carbons (Fsp3) is 0.0800. The van der Waals surface area contributed by atoms with Gasteiger partial charge < -0.3 is 10.1 Å². The van der Waals surface area contributed by atoms with Crippen LogP contribution in [-0.4, -0.2) is 27.6 Å². The molecule has 0 atom stereocenters. The zero-order valence-corrected chi connectivity index (χ0v) is 21.3. The largest absolute Gasteiger partial charge is 0.451 e. The minimum absolute atomic E-state index is 0.0117. The molecule has 0 radical (unpaired) electrons. The monoisotopic (exact) mass is 584 g/mol. The van der Waals surface area contributed by atoms with Gasteiger partial charge in [-0.3, -0.25) is 14.5 Å². The number of ether oxygens (including phenoxy) is 1. The highest BCUT2D eigenvalue weighted by Crippen LogP contribution is 2.35. The smallest absolute Gasteiger partial charge is 0.266 e. The second-order valence-corrected chi connectivity index (χ2v) is 9.76. The second kappa shape index (κ2) is 11.5. The Morgan fingerprint density at radius 1 is 0.974 bits per heavy atom. The third-order valence-corrected chi connectivity index (χ3v) is 6.88. The molecule has 0 unspecified atom stereocenters. The van der Waals surface area contributed by atoms with Gasteiger partial charge in [0.2, 0.25) is 40.7 Å². The van der Waals surface area contributed by atoms with Gasteiger partial charge in [0.15, 0.2) is 0 Å². The number of thioether (sulfide) groups is 1. The average Bonchev–Trinajstić information content (AvgIpc) is 3.17. The highest BCUT2D eigenvalue weighted by molar-refractivity contribution is 8.26. The lowest BCUT2D eigenvalue weighted by atomic mass is 10.2. The van der Waals surface area contributed by atoms with E-state index in [2.05, 4.69) is 5.32 Å². The standard InChI is InChI=1S/C25H14ClF5N2O3S2/c26-15-4-2-1-3-12(15)11-16-24(35)33(25(37)38-16)10-9-17(34)32-13-5-7-14(8-6-13)36-23-21(30)19(28)18(27)20(29)22(23)31/h1-8,11H,9-10H2,(H,32,34)/b16-11-. The van der Waals surface area contributed by atoms with Crippen LogP contribution in [0.4, 0.5) is 27.6 Å². The van der Waals surface area contributed by atoms with Crippen molar-refractivity contribution in [3.8, 4) is 11.5 Å². The second-order valence-electron chi connectivity index (χ2n) is 7.68. The first-order chi connectivity index (χ1) is 18.1. The Kier molecular flexibility index (Phi) is 8.34. The molecule has 2 amide bonds. The number of halogens is 6. The molecule has 1 aliphatic heterocycles. The molecule has 4 rings (SSSR count). The van der Waals surface area contributed by atoms with Crippen LogP contribution in [0.25, 0.3) is 6.08 Å². The third kappa shape index (κ3) is 5.82. The topological polar surface area (TPSA) is 58.6 Å². The minimum atomic E-state index is -2.30. The number of anilines is 1. The molecule has 38 heavy (non-hydrogen) atoms. The highest BCUT2D eigenvalue weighted by Gasteiger charge is 2.32. The van der Waals surface area contributed by atoms with E-state index in [0.717, 1.165) is 23.9 Å². The Hall–Kier alpha value is -3.48. The minimum Gasteiger partial charge on any atom is -0.451 e. The maximum absolute atomic E-state index is 13.8. The number of hydrogen-bond acceptors (Lipinski definition) is 5. The van der Waals surface area contributed by atoms with E-state index in [0.29, 0.717) is 15.5 Å². The number of benzene rings is 3. The van der Waals surface area contributed by atoms with Crippen molar-refractivity contribution in [1.29, 1.82) is 0 Å². The number of nitrogens with zero attached hydrogens (tertiary/aromatic N) is 1. The average molecular weight is 585 g/mol. The summed E-state index contributed by atoms with van der Waals surface area (Å²) in [6.07, 6.45) is 1.52. The normalized spacial score (nSPS) is 14.4. The summed E-state index contributed by atoms with van der Waals surface area (Å²) in [5.74, 6) is -13.3. The number of carbonyl (C=O) groups is 2. The van der Waals surface area contributed by atoms with Gasteiger partial charge in [0.1, 0.15) is 10.1 Å². The molecule has 13 heteroatoms. The summed E-state index contributed by atoms with van der Waals surface area (Å²) in [5, 5.41) is 3.03. The van der Waals surface area contributed by atoms with Crippen LogP contribution in [0.3, 0.4) is 0 Å². The first-order valence-electron chi connectivity index (χ1n) is 10.7. The summed E-state index contributed by atoms with van der Waals surface area (Å²) >= 11 is 12.5. The zero-order chi connectivity index (χ0) is 27.6. The van der Waals surface area contributed by atoms with Gasteiger partial charge in [0.25, 0.3) is 5.91 Å².